The smallest absolute Gasteiger partial charge is 0.246 e. The summed E-state index contributed by atoms with van der Waals surface area (Å²) in [6.07, 6.45) is 3.96. The number of likely N-dealkylation sites (N-methyl/N-ethyl adjacent to an activating group) is 4. The molecule has 0 spiro atoms. The molecule has 11 heteroatoms. The van der Waals surface area contributed by atoms with E-state index >= 15 is 0 Å². The Morgan fingerprint density at radius 1 is 0.844 bits per heavy atom. The van der Waals surface area contributed by atoms with Gasteiger partial charge in [-0.15, -0.1) is 0 Å². The molecule has 0 bridgehead atoms. The Bertz CT molecular complexity index is 986. The highest BCUT2D eigenvalue weighted by Gasteiger charge is 2.44. The number of amides is 5. The number of nitrogens with one attached hydrogen (secondary N) is 2. The molecule has 45 heavy (non-hydrogen) atoms. The fourth-order valence-corrected chi connectivity index (χ4v) is 6.10. The third-order valence-corrected chi connectivity index (χ3v) is 8.98. The number of hydrogen-bond donors (Lipinski definition) is 2. The highest BCUT2D eigenvalue weighted by molar-refractivity contribution is 5.95. The van der Waals surface area contributed by atoms with Crippen LogP contribution in [0.15, 0.2) is 0 Å². The van der Waals surface area contributed by atoms with Gasteiger partial charge in [0.1, 0.15) is 24.2 Å². The maximum absolute atomic E-state index is 14.4. The molecule has 0 unspecified atom stereocenters. The minimum absolute atomic E-state index is 0.0173. The topological polar surface area (TPSA) is 128 Å². The lowest BCUT2D eigenvalue weighted by molar-refractivity contribution is -0.157. The van der Waals surface area contributed by atoms with Crippen LogP contribution >= 0.6 is 0 Å². The van der Waals surface area contributed by atoms with E-state index in [1.807, 2.05) is 41.5 Å². The molecule has 1 aliphatic heterocycles. The fraction of sp³-hybridized carbons (Fsp3) is 0.853. The Morgan fingerprint density at radius 3 is 1.98 bits per heavy atom. The molecule has 0 aromatic heterocycles. The number of nitrogens with zero attached hydrogens (tertiary/aromatic N) is 3. The van der Waals surface area contributed by atoms with Gasteiger partial charge in [0.05, 0.1) is 6.10 Å². The lowest BCUT2D eigenvalue weighted by Crippen LogP contribution is -2.63. The summed E-state index contributed by atoms with van der Waals surface area (Å²) in [5.41, 5.74) is 0. The summed E-state index contributed by atoms with van der Waals surface area (Å²) < 4.78 is 6.22. The van der Waals surface area contributed by atoms with E-state index in [0.29, 0.717) is 31.8 Å². The highest BCUT2D eigenvalue weighted by atomic mass is 16.5. The quantitative estimate of drug-likeness (QED) is 0.267. The summed E-state index contributed by atoms with van der Waals surface area (Å²) in [7, 11) is 6.37. The van der Waals surface area contributed by atoms with Gasteiger partial charge >= 0.3 is 0 Å². The second-order valence-corrected chi connectivity index (χ2v) is 14.0. The largest absolute Gasteiger partial charge is 0.375 e. The first kappa shape index (κ1) is 40.3. The number of carbonyl (C=O) groups excluding carboxylic acids is 5. The van der Waals surface area contributed by atoms with Crippen molar-refractivity contribution in [3.63, 3.8) is 0 Å². The zero-order valence-corrected chi connectivity index (χ0v) is 30.1. The fourth-order valence-electron chi connectivity index (χ4n) is 6.10. The molecular weight excluding hydrogens is 574 g/mol. The Morgan fingerprint density at radius 2 is 1.47 bits per heavy atom. The summed E-state index contributed by atoms with van der Waals surface area (Å²) in [4.78, 5) is 72.5. The van der Waals surface area contributed by atoms with E-state index in [-0.39, 0.29) is 35.5 Å². The number of ether oxygens (including phenoxy) is 1. The van der Waals surface area contributed by atoms with E-state index in [1.165, 1.54) is 21.7 Å². The van der Waals surface area contributed by atoms with Crippen LogP contribution in [0.5, 0.6) is 0 Å². The molecule has 0 saturated carbocycles. The van der Waals surface area contributed by atoms with Crippen LogP contribution < -0.4 is 10.6 Å². The lowest BCUT2D eigenvalue weighted by Gasteiger charge is -2.41. The molecule has 0 aromatic carbocycles. The van der Waals surface area contributed by atoms with E-state index in [0.717, 1.165) is 25.7 Å². The van der Waals surface area contributed by atoms with E-state index in [2.05, 4.69) is 24.5 Å². The van der Waals surface area contributed by atoms with Crippen molar-refractivity contribution < 1.29 is 28.7 Å². The first-order chi connectivity index (χ1) is 21.0. The van der Waals surface area contributed by atoms with Gasteiger partial charge in [-0.2, -0.15) is 0 Å². The Labute approximate surface area is 272 Å². The lowest BCUT2D eigenvalue weighted by atomic mass is 9.91. The van der Waals surface area contributed by atoms with Crippen molar-refractivity contribution in [1.29, 1.82) is 0 Å². The molecule has 1 aliphatic rings. The molecular formula is C34H63N5O6. The standard InChI is InChI=1S/C34H63N5O6/c1-13-25(31(41)35-9)36-32(42)29(30-24(8)16-14-15-19-45-30)39(12)34(44)28(23(6)7)38(11)33(43)26(20-22(4)5)37(10)27(40)18-17-21(2)3/h21-26,28-30H,13-20H2,1-12H3,(H,35,41)(H,36,42)/t24-,25+,26+,28+,29+,30-/m1/s1. The van der Waals surface area contributed by atoms with Gasteiger partial charge < -0.3 is 30.1 Å². The zero-order valence-electron chi connectivity index (χ0n) is 30.1. The van der Waals surface area contributed by atoms with Crippen molar-refractivity contribution in [2.45, 2.75) is 131 Å². The van der Waals surface area contributed by atoms with Crippen LogP contribution in [-0.4, -0.2) is 109 Å². The van der Waals surface area contributed by atoms with Crippen molar-refractivity contribution in [2.24, 2.45) is 23.7 Å². The average molecular weight is 638 g/mol. The molecule has 1 fully saturated rings. The Kier molecular flexibility index (Phi) is 17.1. The van der Waals surface area contributed by atoms with Crippen molar-refractivity contribution in [2.75, 3.05) is 34.8 Å². The van der Waals surface area contributed by atoms with E-state index in [9.17, 15) is 24.0 Å². The van der Waals surface area contributed by atoms with Crippen LogP contribution in [0, 0.1) is 23.7 Å². The molecule has 0 radical (unpaired) electrons. The van der Waals surface area contributed by atoms with Crippen LogP contribution in [0.4, 0.5) is 0 Å². The van der Waals surface area contributed by atoms with E-state index in [4.69, 9.17) is 4.74 Å². The van der Waals surface area contributed by atoms with Gasteiger partial charge in [-0.25, -0.2) is 0 Å². The predicted molar refractivity (Wildman–Crippen MR) is 177 cm³/mol. The third-order valence-electron chi connectivity index (χ3n) is 8.98. The second kappa shape index (κ2) is 19.1. The van der Waals surface area contributed by atoms with Crippen molar-refractivity contribution in [3.05, 3.63) is 0 Å². The first-order valence-corrected chi connectivity index (χ1v) is 16.9. The third kappa shape index (κ3) is 11.6. The molecule has 2 N–H and O–H groups in total. The first-order valence-electron chi connectivity index (χ1n) is 16.9. The molecule has 260 valence electrons. The molecule has 1 saturated heterocycles. The van der Waals surface area contributed by atoms with Crippen LogP contribution in [-0.2, 0) is 28.7 Å². The van der Waals surface area contributed by atoms with Gasteiger partial charge in [0.15, 0.2) is 0 Å². The van der Waals surface area contributed by atoms with Gasteiger partial charge in [-0.1, -0.05) is 61.8 Å². The van der Waals surface area contributed by atoms with Crippen molar-refractivity contribution in [1.82, 2.24) is 25.3 Å². The number of hydrogen-bond acceptors (Lipinski definition) is 6. The van der Waals surface area contributed by atoms with Gasteiger partial charge in [0.25, 0.3) is 0 Å². The molecule has 0 aliphatic carbocycles. The maximum atomic E-state index is 14.4. The Balaban J connectivity index is 3.48. The van der Waals surface area contributed by atoms with Crippen molar-refractivity contribution in [3.8, 4) is 0 Å². The molecule has 1 heterocycles. The summed E-state index contributed by atoms with van der Waals surface area (Å²) in [5, 5.41) is 5.44. The second-order valence-electron chi connectivity index (χ2n) is 14.0. The number of rotatable bonds is 16. The minimum Gasteiger partial charge on any atom is -0.375 e. The maximum Gasteiger partial charge on any atom is 0.246 e. The summed E-state index contributed by atoms with van der Waals surface area (Å²) in [6.45, 7) is 16.2. The Hall–Kier alpha value is -2.69. The van der Waals surface area contributed by atoms with Crippen molar-refractivity contribution >= 4 is 29.5 Å². The van der Waals surface area contributed by atoms with Gasteiger partial charge in [0.2, 0.25) is 29.5 Å². The van der Waals surface area contributed by atoms with E-state index in [1.54, 1.807) is 21.1 Å². The molecule has 0 aromatic rings. The molecule has 1 rings (SSSR count). The molecule has 5 amide bonds. The van der Waals surface area contributed by atoms with Gasteiger partial charge in [-0.3, -0.25) is 24.0 Å². The monoisotopic (exact) mass is 637 g/mol. The van der Waals surface area contributed by atoms with Crippen LogP contribution in [0.1, 0.15) is 100 Å². The van der Waals surface area contributed by atoms with Gasteiger partial charge in [0, 0.05) is 41.2 Å². The summed E-state index contributed by atoms with van der Waals surface area (Å²) in [5.74, 6) is -1.40. The summed E-state index contributed by atoms with van der Waals surface area (Å²) in [6, 6.07) is -3.40. The van der Waals surface area contributed by atoms with Crippen LogP contribution in [0.3, 0.4) is 0 Å². The summed E-state index contributed by atoms with van der Waals surface area (Å²) >= 11 is 0. The molecule has 6 atom stereocenters. The predicted octanol–water partition coefficient (Wildman–Crippen LogP) is 3.45. The van der Waals surface area contributed by atoms with E-state index < -0.39 is 42.1 Å². The number of carbonyl (C=O) groups is 5. The SMILES string of the molecule is CC[C@H](NC(=O)[C@H]([C@@H]1OCCCC[C@H]1C)N(C)C(=O)[C@H](C(C)C)N(C)C(=O)[C@H](CC(C)C)N(C)C(=O)CCC(C)C)C(=O)NC. The van der Waals surface area contributed by atoms with Gasteiger partial charge in [-0.05, 0) is 55.8 Å². The molecule has 11 nitrogen and oxygen atoms in total. The normalized spacial score (nSPS) is 19.7. The minimum atomic E-state index is -1.01. The van der Waals surface area contributed by atoms with Crippen LogP contribution in [0.2, 0.25) is 0 Å². The zero-order chi connectivity index (χ0) is 34.6. The highest BCUT2D eigenvalue weighted by Crippen LogP contribution is 2.27. The van der Waals surface area contributed by atoms with Crippen LogP contribution in [0.25, 0.3) is 0 Å². The average Bonchev–Trinajstić information content (AvgIpc) is 3.19.